The van der Waals surface area contributed by atoms with Crippen LogP contribution in [0.4, 0.5) is 0 Å². The number of hydrogen-bond acceptors (Lipinski definition) is 4. The van der Waals surface area contributed by atoms with Crippen molar-refractivity contribution in [1.29, 1.82) is 0 Å². The molecule has 2 heterocycles. The van der Waals surface area contributed by atoms with Crippen molar-refractivity contribution in [2.24, 2.45) is 0 Å². The van der Waals surface area contributed by atoms with Gasteiger partial charge in [-0.25, -0.2) is 4.68 Å². The normalized spacial score (nSPS) is 15.1. The number of thioether (sulfide) groups is 1. The summed E-state index contributed by atoms with van der Waals surface area (Å²) < 4.78 is 7.39. The summed E-state index contributed by atoms with van der Waals surface area (Å²) in [4.78, 5) is 0. The highest BCUT2D eigenvalue weighted by Crippen LogP contribution is 2.34. The summed E-state index contributed by atoms with van der Waals surface area (Å²) in [5.74, 6) is 0. The molecule has 0 radical (unpaired) electrons. The number of rotatable bonds is 6. The molecule has 1 aliphatic heterocycles. The minimum absolute atomic E-state index is 0.545. The highest BCUT2D eigenvalue weighted by Gasteiger charge is 2.25. The van der Waals surface area contributed by atoms with Crippen molar-refractivity contribution in [1.82, 2.24) is 15.1 Å². The summed E-state index contributed by atoms with van der Waals surface area (Å²) in [6.45, 7) is 7.73. The molecule has 21 heavy (non-hydrogen) atoms. The Labute approximate surface area is 129 Å². The molecule has 1 fully saturated rings. The molecule has 0 unspecified atom stereocenters. The maximum atomic E-state index is 5.31. The van der Waals surface area contributed by atoms with Gasteiger partial charge in [-0.15, -0.1) is 0 Å². The Hall–Kier alpha value is -1.30. The smallest absolute Gasteiger partial charge is 0.105 e. The van der Waals surface area contributed by atoms with E-state index in [1.54, 1.807) is 0 Å². The second-order valence-corrected chi connectivity index (χ2v) is 6.46. The lowest BCUT2D eigenvalue weighted by atomic mass is 10.2. The van der Waals surface area contributed by atoms with Crippen LogP contribution in [0, 0.1) is 6.92 Å². The average molecular weight is 303 g/mol. The highest BCUT2D eigenvalue weighted by atomic mass is 32.2. The van der Waals surface area contributed by atoms with Gasteiger partial charge in [0.2, 0.25) is 0 Å². The third-order valence-corrected chi connectivity index (χ3v) is 4.82. The molecule has 4 nitrogen and oxygen atoms in total. The summed E-state index contributed by atoms with van der Waals surface area (Å²) in [6, 6.07) is 10.3. The lowest BCUT2D eigenvalue weighted by Gasteiger charge is -2.26. The first-order valence-corrected chi connectivity index (χ1v) is 8.26. The van der Waals surface area contributed by atoms with Gasteiger partial charge in [-0.05, 0) is 25.6 Å². The molecule has 0 saturated carbocycles. The van der Waals surface area contributed by atoms with Gasteiger partial charge in [0.05, 0.1) is 29.8 Å². The van der Waals surface area contributed by atoms with Crippen LogP contribution in [0.5, 0.6) is 0 Å². The first-order chi connectivity index (χ1) is 10.3. The first-order valence-electron chi connectivity index (χ1n) is 7.38. The van der Waals surface area contributed by atoms with Crippen LogP contribution in [0.3, 0.4) is 0 Å². The van der Waals surface area contributed by atoms with Crippen molar-refractivity contribution >= 4 is 11.8 Å². The van der Waals surface area contributed by atoms with Crippen molar-refractivity contribution in [3.05, 3.63) is 41.6 Å². The van der Waals surface area contributed by atoms with Crippen LogP contribution < -0.4 is 5.32 Å². The maximum Gasteiger partial charge on any atom is 0.105 e. The van der Waals surface area contributed by atoms with E-state index in [-0.39, 0.29) is 0 Å². The standard InChI is InChI=1S/C16H21N3OS/c1-3-17-9-15-12(2)18-19(13-7-5-4-6-8-13)16(15)21-14-10-20-11-14/h4-8,14,17H,3,9-11H2,1-2H3. The van der Waals surface area contributed by atoms with Gasteiger partial charge >= 0.3 is 0 Å². The molecule has 112 valence electrons. The zero-order chi connectivity index (χ0) is 14.7. The topological polar surface area (TPSA) is 39.1 Å². The van der Waals surface area contributed by atoms with E-state index in [1.165, 1.54) is 10.6 Å². The van der Waals surface area contributed by atoms with Gasteiger partial charge in [0, 0.05) is 12.1 Å². The number of aryl methyl sites for hydroxylation is 1. The van der Waals surface area contributed by atoms with E-state index < -0.39 is 0 Å². The summed E-state index contributed by atoms with van der Waals surface area (Å²) in [7, 11) is 0. The molecule has 0 aliphatic carbocycles. The van der Waals surface area contributed by atoms with Crippen LogP contribution in [-0.2, 0) is 11.3 Å². The fraction of sp³-hybridized carbons (Fsp3) is 0.438. The number of benzene rings is 1. The number of ether oxygens (including phenoxy) is 1. The lowest BCUT2D eigenvalue weighted by Crippen LogP contribution is -2.30. The lowest BCUT2D eigenvalue weighted by molar-refractivity contribution is 0.0454. The summed E-state index contributed by atoms with van der Waals surface area (Å²) in [5, 5.41) is 9.97. The molecule has 0 bridgehead atoms. The van der Waals surface area contributed by atoms with Crippen LogP contribution in [0.25, 0.3) is 5.69 Å². The van der Waals surface area contributed by atoms with E-state index in [4.69, 9.17) is 9.84 Å². The fourth-order valence-electron chi connectivity index (χ4n) is 2.30. The second-order valence-electron chi connectivity index (χ2n) is 5.17. The third kappa shape index (κ3) is 3.15. The Balaban J connectivity index is 1.97. The molecular weight excluding hydrogens is 282 g/mol. The van der Waals surface area contributed by atoms with Gasteiger partial charge in [-0.1, -0.05) is 36.9 Å². The quantitative estimate of drug-likeness (QED) is 0.890. The van der Waals surface area contributed by atoms with Crippen molar-refractivity contribution in [2.45, 2.75) is 30.7 Å². The summed E-state index contributed by atoms with van der Waals surface area (Å²) in [5.41, 5.74) is 3.52. The Kier molecular flexibility index (Phi) is 4.63. The van der Waals surface area contributed by atoms with Gasteiger partial charge in [0.25, 0.3) is 0 Å². The van der Waals surface area contributed by atoms with Crippen LogP contribution in [-0.4, -0.2) is 34.8 Å². The zero-order valence-electron chi connectivity index (χ0n) is 12.5. The molecule has 1 saturated heterocycles. The SMILES string of the molecule is CCNCc1c(C)nn(-c2ccccc2)c1SC1COC1. The van der Waals surface area contributed by atoms with E-state index in [0.29, 0.717) is 5.25 Å². The van der Waals surface area contributed by atoms with E-state index >= 15 is 0 Å². The largest absolute Gasteiger partial charge is 0.379 e. The Bertz CT molecular complexity index is 593. The molecule has 1 aliphatic rings. The first kappa shape index (κ1) is 14.6. The summed E-state index contributed by atoms with van der Waals surface area (Å²) in [6.07, 6.45) is 0. The second kappa shape index (κ2) is 6.64. The molecule has 1 aromatic heterocycles. The molecule has 5 heteroatoms. The highest BCUT2D eigenvalue weighted by molar-refractivity contribution is 8.00. The predicted molar refractivity (Wildman–Crippen MR) is 86.1 cm³/mol. The number of para-hydroxylation sites is 1. The van der Waals surface area contributed by atoms with Gasteiger partial charge in [0.15, 0.2) is 0 Å². The molecule has 0 amide bonds. The minimum Gasteiger partial charge on any atom is -0.379 e. The third-order valence-electron chi connectivity index (χ3n) is 3.58. The van der Waals surface area contributed by atoms with Crippen LogP contribution >= 0.6 is 11.8 Å². The summed E-state index contributed by atoms with van der Waals surface area (Å²) >= 11 is 1.89. The van der Waals surface area contributed by atoms with Crippen LogP contribution in [0.15, 0.2) is 35.4 Å². The van der Waals surface area contributed by atoms with Crippen LogP contribution in [0.1, 0.15) is 18.2 Å². The van der Waals surface area contributed by atoms with Gasteiger partial charge in [-0.2, -0.15) is 5.10 Å². The van der Waals surface area contributed by atoms with Crippen molar-refractivity contribution in [2.75, 3.05) is 19.8 Å². The Morgan fingerprint density at radius 1 is 1.33 bits per heavy atom. The van der Waals surface area contributed by atoms with E-state index in [2.05, 4.69) is 48.1 Å². The molecule has 3 rings (SSSR count). The van der Waals surface area contributed by atoms with E-state index in [0.717, 1.165) is 37.7 Å². The van der Waals surface area contributed by atoms with Crippen LogP contribution in [0.2, 0.25) is 0 Å². The molecule has 0 spiro atoms. The van der Waals surface area contributed by atoms with Gasteiger partial charge < -0.3 is 10.1 Å². The number of nitrogens with zero attached hydrogens (tertiary/aromatic N) is 2. The number of nitrogens with one attached hydrogen (secondary N) is 1. The monoisotopic (exact) mass is 303 g/mol. The molecule has 1 aromatic carbocycles. The van der Waals surface area contributed by atoms with Crippen molar-refractivity contribution < 1.29 is 4.74 Å². The van der Waals surface area contributed by atoms with Crippen molar-refractivity contribution in [3.8, 4) is 5.69 Å². The fourth-order valence-corrected chi connectivity index (χ4v) is 3.55. The molecular formula is C16H21N3OS. The average Bonchev–Trinajstić information content (AvgIpc) is 2.78. The van der Waals surface area contributed by atoms with E-state index in [1.807, 2.05) is 17.8 Å². The minimum atomic E-state index is 0.545. The Morgan fingerprint density at radius 2 is 2.10 bits per heavy atom. The molecule has 0 atom stereocenters. The van der Waals surface area contributed by atoms with Crippen molar-refractivity contribution in [3.63, 3.8) is 0 Å². The Morgan fingerprint density at radius 3 is 2.71 bits per heavy atom. The number of aromatic nitrogens is 2. The van der Waals surface area contributed by atoms with Gasteiger partial charge in [-0.3, -0.25) is 0 Å². The number of hydrogen-bond donors (Lipinski definition) is 1. The van der Waals surface area contributed by atoms with E-state index in [9.17, 15) is 0 Å². The zero-order valence-corrected chi connectivity index (χ0v) is 13.3. The molecule has 2 aromatic rings. The van der Waals surface area contributed by atoms with Gasteiger partial charge in [0.1, 0.15) is 5.03 Å². The molecule has 1 N–H and O–H groups in total. The predicted octanol–water partition coefficient (Wildman–Crippen LogP) is 2.78. The maximum absolute atomic E-state index is 5.31.